The van der Waals surface area contributed by atoms with Crippen LogP contribution in [-0.4, -0.2) is 0 Å². The van der Waals surface area contributed by atoms with Crippen molar-refractivity contribution >= 4 is 11.1 Å². The van der Waals surface area contributed by atoms with Crippen molar-refractivity contribution in [3.05, 3.63) is 238 Å². The lowest BCUT2D eigenvalue weighted by Gasteiger charge is -2.36. The third-order valence-electron chi connectivity index (χ3n) is 13.0. The molecule has 292 valence electrons. The molecule has 0 N–H and O–H groups in total. The van der Waals surface area contributed by atoms with Gasteiger partial charge in [0.2, 0.25) is 0 Å². The van der Waals surface area contributed by atoms with Crippen molar-refractivity contribution in [3.63, 3.8) is 0 Å². The number of allylic oxidation sites excluding steroid dienone is 5. The van der Waals surface area contributed by atoms with Crippen molar-refractivity contribution in [2.24, 2.45) is 0 Å². The van der Waals surface area contributed by atoms with Crippen LogP contribution in [0.3, 0.4) is 0 Å². The summed E-state index contributed by atoms with van der Waals surface area (Å²) in [5.74, 6) is 0.476. The largest absolute Gasteiger partial charge is 0.0949 e. The van der Waals surface area contributed by atoms with Gasteiger partial charge in [0.05, 0.1) is 0 Å². The minimum atomic E-state index is -0.259. The number of benzene rings is 7. The van der Waals surface area contributed by atoms with E-state index < -0.39 is 0 Å². The molecule has 2 aliphatic rings. The van der Waals surface area contributed by atoms with Crippen LogP contribution in [0.25, 0.3) is 44.5 Å². The molecule has 0 saturated carbocycles. The van der Waals surface area contributed by atoms with Crippen LogP contribution in [0, 0.1) is 6.92 Å². The van der Waals surface area contributed by atoms with E-state index in [4.69, 9.17) is 0 Å². The van der Waals surface area contributed by atoms with E-state index in [2.05, 4.69) is 218 Å². The van der Waals surface area contributed by atoms with Crippen molar-refractivity contribution in [1.82, 2.24) is 0 Å². The summed E-state index contributed by atoms with van der Waals surface area (Å²) in [5, 5.41) is 0. The third kappa shape index (κ3) is 7.50. The first-order valence-corrected chi connectivity index (χ1v) is 21.4. The molecule has 7 aromatic carbocycles. The van der Waals surface area contributed by atoms with Gasteiger partial charge in [0.25, 0.3) is 0 Å². The molecule has 0 saturated heterocycles. The first-order valence-electron chi connectivity index (χ1n) is 21.4. The molecule has 0 amide bonds. The Balaban J connectivity index is 0.000000316. The summed E-state index contributed by atoms with van der Waals surface area (Å²) in [5.41, 5.74) is 24.4. The van der Waals surface area contributed by atoms with Crippen molar-refractivity contribution in [3.8, 4) is 33.4 Å². The second-order valence-electron chi connectivity index (χ2n) is 16.7. The van der Waals surface area contributed by atoms with Crippen LogP contribution in [0.4, 0.5) is 0 Å². The third-order valence-corrected chi connectivity index (χ3v) is 13.0. The Morgan fingerprint density at radius 3 is 1.80 bits per heavy atom. The second-order valence-corrected chi connectivity index (χ2v) is 16.7. The summed E-state index contributed by atoms with van der Waals surface area (Å²) < 4.78 is 0. The van der Waals surface area contributed by atoms with E-state index in [0.29, 0.717) is 5.92 Å². The van der Waals surface area contributed by atoms with E-state index in [9.17, 15) is 0 Å². The molecule has 0 heteroatoms. The predicted octanol–water partition coefficient (Wildman–Crippen LogP) is 16.3. The fourth-order valence-electron chi connectivity index (χ4n) is 9.95. The Kier molecular flexibility index (Phi) is 11.4. The molecule has 0 radical (unpaired) electrons. The van der Waals surface area contributed by atoms with Gasteiger partial charge in [-0.25, -0.2) is 0 Å². The molecule has 2 aliphatic carbocycles. The van der Waals surface area contributed by atoms with Crippen LogP contribution in [-0.2, 0) is 11.8 Å². The summed E-state index contributed by atoms with van der Waals surface area (Å²) >= 11 is 0. The van der Waals surface area contributed by atoms with Gasteiger partial charge in [-0.1, -0.05) is 213 Å². The maximum Gasteiger partial charge on any atom is 0.0401 e. The maximum atomic E-state index is 4.55. The minimum absolute atomic E-state index is 0.259. The molecule has 0 aromatic heterocycles. The first-order chi connectivity index (χ1) is 28.7. The Hall–Kier alpha value is -6.24. The van der Waals surface area contributed by atoms with Gasteiger partial charge in [0, 0.05) is 5.41 Å². The lowest BCUT2D eigenvalue weighted by Crippen LogP contribution is -2.27. The average molecular weight is 765 g/mol. The maximum absolute atomic E-state index is 4.55. The van der Waals surface area contributed by atoms with E-state index >= 15 is 0 Å². The van der Waals surface area contributed by atoms with Gasteiger partial charge in [-0.2, -0.15) is 0 Å². The molecular formula is C59H56. The molecule has 2 unspecified atom stereocenters. The number of hydrogen-bond acceptors (Lipinski definition) is 0. The van der Waals surface area contributed by atoms with Crippen LogP contribution < -0.4 is 0 Å². The number of fused-ring (bicyclic) bond motifs is 7. The van der Waals surface area contributed by atoms with Gasteiger partial charge in [-0.15, -0.1) is 0 Å². The molecule has 0 aliphatic heterocycles. The quantitative estimate of drug-likeness (QED) is 0.135. The van der Waals surface area contributed by atoms with E-state index in [1.807, 2.05) is 6.07 Å². The number of rotatable bonds is 8. The zero-order chi connectivity index (χ0) is 41.1. The average Bonchev–Trinajstić information content (AvgIpc) is 3.55. The van der Waals surface area contributed by atoms with Crippen LogP contribution >= 0.6 is 0 Å². The zero-order valence-corrected chi connectivity index (χ0v) is 35.6. The highest BCUT2D eigenvalue weighted by molar-refractivity contribution is 5.91. The highest BCUT2D eigenvalue weighted by Crippen LogP contribution is 2.58. The molecule has 0 spiro atoms. The molecule has 0 fully saturated rings. The highest BCUT2D eigenvalue weighted by atomic mass is 14.5. The van der Waals surface area contributed by atoms with Gasteiger partial charge in [0.1, 0.15) is 0 Å². The van der Waals surface area contributed by atoms with E-state index in [1.54, 1.807) is 0 Å². The topological polar surface area (TPSA) is 0 Å². The summed E-state index contributed by atoms with van der Waals surface area (Å²) in [6, 6.07) is 63.7. The smallest absolute Gasteiger partial charge is 0.0401 e. The Morgan fingerprint density at radius 1 is 0.593 bits per heavy atom. The zero-order valence-electron chi connectivity index (χ0n) is 35.6. The Morgan fingerprint density at radius 2 is 1.14 bits per heavy atom. The highest BCUT2D eigenvalue weighted by Gasteiger charge is 2.45. The fourth-order valence-corrected chi connectivity index (χ4v) is 9.95. The molecule has 7 aromatic rings. The van der Waals surface area contributed by atoms with Crippen molar-refractivity contribution in [1.29, 1.82) is 0 Å². The summed E-state index contributed by atoms with van der Waals surface area (Å²) in [7, 11) is 0. The lowest BCUT2D eigenvalue weighted by atomic mass is 9.66. The van der Waals surface area contributed by atoms with Crippen LogP contribution in [0.15, 0.2) is 199 Å². The van der Waals surface area contributed by atoms with Gasteiger partial charge in [0.15, 0.2) is 0 Å². The fraction of sp³-hybridized carbons (Fsp3) is 0.186. The van der Waals surface area contributed by atoms with Crippen LogP contribution in [0.1, 0.15) is 92.3 Å². The summed E-state index contributed by atoms with van der Waals surface area (Å²) in [6.45, 7) is 18.6. The normalized spacial score (nSPS) is 16.9. The lowest BCUT2D eigenvalue weighted by molar-refractivity contribution is 0.657. The van der Waals surface area contributed by atoms with E-state index in [-0.39, 0.29) is 5.41 Å². The van der Waals surface area contributed by atoms with Gasteiger partial charge in [-0.05, 0) is 136 Å². The van der Waals surface area contributed by atoms with E-state index in [0.717, 1.165) is 24.8 Å². The SMILES string of the molecule is C=C(C/C(C)=C(/C(CC)=C(\C)C1(C)c2ccccc2-c2ccc3c(c21)CC(C)c1ccccc1-3)c1ccccc1)c1ccccc1.Cc1ccc(-c2ccccc2)cc1. The molecular weight excluding hydrogens is 709 g/mol. The van der Waals surface area contributed by atoms with Gasteiger partial charge < -0.3 is 0 Å². The Bertz CT molecular complexity index is 2670. The molecule has 2 atom stereocenters. The van der Waals surface area contributed by atoms with Crippen molar-refractivity contribution < 1.29 is 0 Å². The number of aryl methyl sites for hydroxylation is 1. The van der Waals surface area contributed by atoms with Gasteiger partial charge >= 0.3 is 0 Å². The Labute approximate surface area is 353 Å². The summed E-state index contributed by atoms with van der Waals surface area (Å²) in [6.07, 6.45) is 2.84. The standard InChI is InChI=1S/C46H44.C13H12/c1-7-36(44(35-20-12-9-13-21-35)32(4)28-30(2)34-18-10-8-11-19-34)33(5)46(6)43-25-17-16-24-40(43)41-27-26-39-38-23-15-14-22-37(38)31(3)29-42(39)45(41)46;1-11-7-9-13(10-8-11)12-5-3-2-4-6-12/h8-27,31H,2,7,28-29H2,1,3-6H3;2-10H,1H3/b36-33+,44-32+;. The number of hydrogen-bond donors (Lipinski definition) is 0. The van der Waals surface area contributed by atoms with E-state index in [1.165, 1.54) is 94.6 Å². The minimum Gasteiger partial charge on any atom is -0.0949 e. The second kappa shape index (κ2) is 16.9. The summed E-state index contributed by atoms with van der Waals surface area (Å²) in [4.78, 5) is 0. The van der Waals surface area contributed by atoms with Crippen LogP contribution in [0.2, 0.25) is 0 Å². The molecule has 9 rings (SSSR count). The van der Waals surface area contributed by atoms with Crippen molar-refractivity contribution in [2.45, 2.75) is 72.1 Å². The first kappa shape index (κ1) is 39.6. The van der Waals surface area contributed by atoms with Crippen molar-refractivity contribution in [2.75, 3.05) is 0 Å². The molecule has 0 heterocycles. The molecule has 0 nitrogen and oxygen atoms in total. The predicted molar refractivity (Wildman–Crippen MR) is 255 cm³/mol. The van der Waals surface area contributed by atoms with Crippen LogP contribution in [0.5, 0.6) is 0 Å². The molecule has 0 bridgehead atoms. The van der Waals surface area contributed by atoms with Gasteiger partial charge in [-0.3, -0.25) is 0 Å². The monoisotopic (exact) mass is 764 g/mol. The molecule has 59 heavy (non-hydrogen) atoms.